The van der Waals surface area contributed by atoms with Crippen molar-refractivity contribution >= 4 is 21.6 Å². The van der Waals surface area contributed by atoms with Gasteiger partial charge in [0, 0.05) is 44.8 Å². The molecule has 2 aromatic rings. The van der Waals surface area contributed by atoms with Crippen molar-refractivity contribution in [2.75, 3.05) is 37.6 Å². The second kappa shape index (κ2) is 9.23. The fraction of sp³-hybridized carbons (Fsp3) is 0.350. The third-order valence-electron chi connectivity index (χ3n) is 4.93. The lowest BCUT2D eigenvalue weighted by Gasteiger charge is -2.36. The molecular formula is C20H21F4N3O3S. The summed E-state index contributed by atoms with van der Waals surface area (Å²) in [6.07, 6.45) is -4.77. The molecule has 0 saturated carbocycles. The summed E-state index contributed by atoms with van der Waals surface area (Å²) in [5, 5.41) is 0. The van der Waals surface area contributed by atoms with Crippen molar-refractivity contribution in [1.82, 2.24) is 9.62 Å². The van der Waals surface area contributed by atoms with E-state index in [0.717, 1.165) is 23.9 Å². The SMILES string of the molecule is O=C(CCNS(=O)(=O)c1cccc(C(F)(F)F)c1)N1CCN(c2ccc(F)cc2)CC1. The third kappa shape index (κ3) is 5.95. The second-order valence-corrected chi connectivity index (χ2v) is 8.78. The molecule has 3 rings (SSSR count). The van der Waals surface area contributed by atoms with E-state index in [4.69, 9.17) is 0 Å². The summed E-state index contributed by atoms with van der Waals surface area (Å²) < 4.78 is 78.1. The maximum Gasteiger partial charge on any atom is 0.416 e. The van der Waals surface area contributed by atoms with Crippen LogP contribution in [-0.2, 0) is 21.0 Å². The van der Waals surface area contributed by atoms with Crippen LogP contribution in [0, 0.1) is 5.82 Å². The molecule has 1 heterocycles. The largest absolute Gasteiger partial charge is 0.416 e. The number of halogens is 4. The van der Waals surface area contributed by atoms with Gasteiger partial charge >= 0.3 is 6.18 Å². The van der Waals surface area contributed by atoms with Gasteiger partial charge in [-0.3, -0.25) is 4.79 Å². The molecule has 1 saturated heterocycles. The van der Waals surface area contributed by atoms with Gasteiger partial charge in [0.25, 0.3) is 0 Å². The van der Waals surface area contributed by atoms with E-state index in [-0.39, 0.29) is 24.7 Å². The monoisotopic (exact) mass is 459 g/mol. The van der Waals surface area contributed by atoms with Crippen LogP contribution in [0.25, 0.3) is 0 Å². The Kier molecular flexibility index (Phi) is 6.85. The first-order valence-corrected chi connectivity index (χ1v) is 11.0. The molecule has 0 unspecified atom stereocenters. The number of benzene rings is 2. The van der Waals surface area contributed by atoms with Gasteiger partial charge in [0.2, 0.25) is 15.9 Å². The minimum Gasteiger partial charge on any atom is -0.368 e. The molecule has 1 amide bonds. The normalized spacial score (nSPS) is 15.2. The molecule has 1 aliphatic heterocycles. The number of sulfonamides is 1. The molecule has 6 nitrogen and oxygen atoms in total. The van der Waals surface area contributed by atoms with Crippen molar-refractivity contribution in [2.24, 2.45) is 0 Å². The number of rotatable bonds is 6. The molecule has 0 atom stereocenters. The van der Waals surface area contributed by atoms with Crippen LogP contribution >= 0.6 is 0 Å². The summed E-state index contributed by atoms with van der Waals surface area (Å²) in [4.78, 5) is 15.5. The number of piperazine rings is 1. The highest BCUT2D eigenvalue weighted by Crippen LogP contribution is 2.30. The highest BCUT2D eigenvalue weighted by atomic mass is 32.2. The van der Waals surface area contributed by atoms with E-state index in [9.17, 15) is 30.8 Å². The van der Waals surface area contributed by atoms with Crippen molar-refractivity contribution < 1.29 is 30.8 Å². The number of amides is 1. The highest BCUT2D eigenvalue weighted by molar-refractivity contribution is 7.89. The summed E-state index contributed by atoms with van der Waals surface area (Å²) in [5.74, 6) is -0.587. The van der Waals surface area contributed by atoms with Gasteiger partial charge in [-0.2, -0.15) is 13.2 Å². The third-order valence-corrected chi connectivity index (χ3v) is 6.39. The summed E-state index contributed by atoms with van der Waals surface area (Å²) in [6, 6.07) is 9.47. The Balaban J connectivity index is 1.49. The van der Waals surface area contributed by atoms with Crippen molar-refractivity contribution in [3.8, 4) is 0 Å². The first-order valence-electron chi connectivity index (χ1n) is 9.51. The molecule has 168 valence electrons. The van der Waals surface area contributed by atoms with Gasteiger partial charge in [-0.15, -0.1) is 0 Å². The van der Waals surface area contributed by atoms with Gasteiger partial charge in [0.05, 0.1) is 10.5 Å². The van der Waals surface area contributed by atoms with Gasteiger partial charge in [-0.05, 0) is 42.5 Å². The smallest absolute Gasteiger partial charge is 0.368 e. The predicted molar refractivity (Wildman–Crippen MR) is 106 cm³/mol. The molecule has 0 radical (unpaired) electrons. The Morgan fingerprint density at radius 3 is 2.26 bits per heavy atom. The number of anilines is 1. The molecule has 0 spiro atoms. The summed E-state index contributed by atoms with van der Waals surface area (Å²) in [5.41, 5.74) is -0.215. The summed E-state index contributed by atoms with van der Waals surface area (Å²) in [7, 11) is -4.18. The molecule has 0 aliphatic carbocycles. The van der Waals surface area contributed by atoms with Crippen molar-refractivity contribution in [3.63, 3.8) is 0 Å². The van der Waals surface area contributed by atoms with Crippen molar-refractivity contribution in [1.29, 1.82) is 0 Å². The van der Waals surface area contributed by atoms with Crippen LogP contribution in [0.15, 0.2) is 53.4 Å². The first kappa shape index (κ1) is 23.0. The average molecular weight is 459 g/mol. The minimum atomic E-state index is -4.66. The van der Waals surface area contributed by atoms with Gasteiger partial charge in [0.15, 0.2) is 0 Å². The Morgan fingerprint density at radius 2 is 1.65 bits per heavy atom. The van der Waals surface area contributed by atoms with E-state index in [1.54, 1.807) is 17.0 Å². The van der Waals surface area contributed by atoms with E-state index in [0.29, 0.717) is 32.2 Å². The van der Waals surface area contributed by atoms with Gasteiger partial charge in [-0.1, -0.05) is 6.07 Å². The zero-order valence-electron chi connectivity index (χ0n) is 16.4. The Hall–Kier alpha value is -2.66. The van der Waals surface area contributed by atoms with Crippen molar-refractivity contribution in [2.45, 2.75) is 17.5 Å². The zero-order chi connectivity index (χ0) is 22.6. The lowest BCUT2D eigenvalue weighted by molar-refractivity contribution is -0.137. The standard InChI is InChI=1S/C20H21F4N3O3S/c21-16-4-6-17(7-5-16)26-10-12-27(13-11-26)19(28)8-9-25-31(29,30)18-3-1-2-15(14-18)20(22,23)24/h1-7,14,25H,8-13H2. The maximum absolute atomic E-state index is 13.0. The van der Waals surface area contributed by atoms with E-state index in [1.165, 1.54) is 12.1 Å². The molecule has 0 aromatic heterocycles. The van der Waals surface area contributed by atoms with E-state index >= 15 is 0 Å². The fourth-order valence-corrected chi connectivity index (χ4v) is 4.32. The van der Waals surface area contributed by atoms with E-state index in [1.807, 2.05) is 4.90 Å². The molecule has 11 heteroatoms. The zero-order valence-corrected chi connectivity index (χ0v) is 17.2. The predicted octanol–water partition coefficient (Wildman–Crippen LogP) is 2.86. The highest BCUT2D eigenvalue weighted by Gasteiger charge is 2.31. The molecular weight excluding hydrogens is 438 g/mol. The van der Waals surface area contributed by atoms with Crippen LogP contribution in [0.5, 0.6) is 0 Å². The lowest BCUT2D eigenvalue weighted by atomic mass is 10.2. The number of hydrogen-bond acceptors (Lipinski definition) is 4. The number of hydrogen-bond donors (Lipinski definition) is 1. The topological polar surface area (TPSA) is 69.7 Å². The molecule has 1 aliphatic rings. The maximum atomic E-state index is 13.0. The second-order valence-electron chi connectivity index (χ2n) is 7.02. The number of alkyl halides is 3. The summed E-state index contributed by atoms with van der Waals surface area (Å²) >= 11 is 0. The number of nitrogens with one attached hydrogen (secondary N) is 1. The van der Waals surface area contributed by atoms with Crippen LogP contribution < -0.4 is 9.62 Å². The Bertz CT molecular complexity index is 1020. The van der Waals surface area contributed by atoms with Gasteiger partial charge in [0.1, 0.15) is 5.82 Å². The van der Waals surface area contributed by atoms with Crippen LogP contribution in [0.2, 0.25) is 0 Å². The average Bonchev–Trinajstić information content (AvgIpc) is 2.74. The molecule has 1 N–H and O–H groups in total. The number of nitrogens with zero attached hydrogens (tertiary/aromatic N) is 2. The minimum absolute atomic E-state index is 0.116. The van der Waals surface area contributed by atoms with Crippen LogP contribution in [0.4, 0.5) is 23.2 Å². The van der Waals surface area contributed by atoms with Crippen LogP contribution in [0.1, 0.15) is 12.0 Å². The van der Waals surface area contributed by atoms with E-state index < -0.39 is 26.7 Å². The molecule has 31 heavy (non-hydrogen) atoms. The quantitative estimate of drug-likeness (QED) is 0.675. The molecule has 1 fully saturated rings. The molecule has 2 aromatic carbocycles. The van der Waals surface area contributed by atoms with Crippen LogP contribution in [-0.4, -0.2) is 51.9 Å². The number of carbonyl (C=O) groups is 1. The summed E-state index contributed by atoms with van der Waals surface area (Å²) in [6.45, 7) is 1.73. The molecule has 0 bridgehead atoms. The fourth-order valence-electron chi connectivity index (χ4n) is 3.24. The number of carbonyl (C=O) groups excluding carboxylic acids is 1. The van der Waals surface area contributed by atoms with Gasteiger partial charge in [-0.25, -0.2) is 17.5 Å². The van der Waals surface area contributed by atoms with Crippen molar-refractivity contribution in [3.05, 3.63) is 59.9 Å². The Morgan fingerprint density at radius 1 is 1.00 bits per heavy atom. The van der Waals surface area contributed by atoms with Crippen LogP contribution in [0.3, 0.4) is 0 Å². The first-order chi connectivity index (χ1) is 14.6. The lowest BCUT2D eigenvalue weighted by Crippen LogP contribution is -2.49. The Labute approximate surface area is 177 Å². The van der Waals surface area contributed by atoms with E-state index in [2.05, 4.69) is 4.72 Å². The van der Waals surface area contributed by atoms with Gasteiger partial charge < -0.3 is 9.80 Å².